The van der Waals surface area contributed by atoms with E-state index >= 15 is 0 Å². The summed E-state index contributed by atoms with van der Waals surface area (Å²) in [6, 6.07) is 15.3. The Labute approximate surface area is 192 Å². The molecule has 0 aliphatic carbocycles. The van der Waals surface area contributed by atoms with Crippen molar-refractivity contribution in [3.8, 4) is 0 Å². The molecule has 2 aromatic carbocycles. The highest BCUT2D eigenvalue weighted by atomic mass is 79.9. The lowest BCUT2D eigenvalue weighted by Gasteiger charge is -2.32. The summed E-state index contributed by atoms with van der Waals surface area (Å²) in [6.07, 6.45) is 0. The average molecular weight is 504 g/mol. The third kappa shape index (κ3) is 4.57. The van der Waals surface area contributed by atoms with Gasteiger partial charge in [0.15, 0.2) is 0 Å². The van der Waals surface area contributed by atoms with E-state index in [1.54, 1.807) is 19.9 Å². The Hall–Kier alpha value is -2.13. The van der Waals surface area contributed by atoms with Gasteiger partial charge in [-0.3, -0.25) is 13.9 Å². The number of aromatic nitrogens is 1. The maximum absolute atomic E-state index is 12.7. The summed E-state index contributed by atoms with van der Waals surface area (Å²) in [5.41, 5.74) is 3.41. The van der Waals surface area contributed by atoms with Gasteiger partial charge in [0, 0.05) is 24.5 Å². The zero-order valence-electron chi connectivity index (χ0n) is 17.7. The lowest BCUT2D eigenvalue weighted by molar-refractivity contribution is -0.117. The van der Waals surface area contributed by atoms with Gasteiger partial charge in [0.25, 0.3) is 0 Å². The predicted molar refractivity (Wildman–Crippen MR) is 132 cm³/mol. The second-order valence-corrected chi connectivity index (χ2v) is 12.5. The standard InChI is InChI=1S/C23H26BrN3O3S/c1-15-8-9-18-17(12-15)19(26-22(28)23(2,3)24)13-21(25-18)27-10-11-31(29,30)20-7-5-4-6-16(20)14-27/h4-9,12-13,29-30H,10-11,14H2,1-3H3,(H,25,26,28). The molecule has 0 unspecified atom stereocenters. The summed E-state index contributed by atoms with van der Waals surface area (Å²) in [7, 11) is -2.86. The van der Waals surface area contributed by atoms with Crippen molar-refractivity contribution in [3.63, 3.8) is 0 Å². The molecule has 8 heteroatoms. The largest absolute Gasteiger partial charge is 0.351 e. The van der Waals surface area contributed by atoms with Gasteiger partial charge in [0.2, 0.25) is 5.91 Å². The number of pyridine rings is 1. The smallest absolute Gasteiger partial charge is 0.240 e. The Bertz CT molecular complexity index is 1160. The van der Waals surface area contributed by atoms with E-state index in [2.05, 4.69) is 21.2 Å². The van der Waals surface area contributed by atoms with Gasteiger partial charge in [-0.2, -0.15) is 10.6 Å². The van der Waals surface area contributed by atoms with Crippen molar-refractivity contribution in [1.82, 2.24) is 4.98 Å². The number of nitrogens with zero attached hydrogens (tertiary/aromatic N) is 2. The molecule has 1 aliphatic heterocycles. The van der Waals surface area contributed by atoms with Crippen LogP contribution in [0.3, 0.4) is 0 Å². The first-order valence-electron chi connectivity index (χ1n) is 10.1. The van der Waals surface area contributed by atoms with Crippen LogP contribution in [-0.2, 0) is 11.3 Å². The van der Waals surface area contributed by atoms with E-state index in [-0.39, 0.29) is 11.7 Å². The van der Waals surface area contributed by atoms with Crippen LogP contribution in [0.5, 0.6) is 0 Å². The van der Waals surface area contributed by atoms with Crippen LogP contribution in [0.15, 0.2) is 53.4 Å². The van der Waals surface area contributed by atoms with E-state index in [0.29, 0.717) is 29.5 Å². The lowest BCUT2D eigenvalue weighted by Crippen LogP contribution is -2.31. The molecule has 164 valence electrons. The molecule has 3 aromatic rings. The van der Waals surface area contributed by atoms with Crippen LogP contribution < -0.4 is 10.2 Å². The molecule has 6 nitrogen and oxygen atoms in total. The fourth-order valence-electron chi connectivity index (χ4n) is 3.64. The van der Waals surface area contributed by atoms with E-state index < -0.39 is 14.9 Å². The minimum atomic E-state index is -2.86. The van der Waals surface area contributed by atoms with Gasteiger partial charge in [0.1, 0.15) is 5.82 Å². The monoisotopic (exact) mass is 503 g/mol. The highest BCUT2D eigenvalue weighted by Gasteiger charge is 2.28. The topological polar surface area (TPSA) is 85.7 Å². The van der Waals surface area contributed by atoms with E-state index in [0.717, 1.165) is 22.0 Å². The number of benzene rings is 2. The van der Waals surface area contributed by atoms with Gasteiger partial charge >= 0.3 is 0 Å². The number of rotatable bonds is 3. The minimum Gasteiger partial charge on any atom is -0.351 e. The Morgan fingerprint density at radius 2 is 1.94 bits per heavy atom. The van der Waals surface area contributed by atoms with Crippen LogP contribution in [0.2, 0.25) is 0 Å². The van der Waals surface area contributed by atoms with E-state index in [4.69, 9.17) is 4.98 Å². The number of hydrogen-bond acceptors (Lipinski definition) is 5. The number of carbonyl (C=O) groups excluding carboxylic acids is 1. The van der Waals surface area contributed by atoms with Crippen LogP contribution in [0.4, 0.5) is 11.5 Å². The van der Waals surface area contributed by atoms with Crippen LogP contribution in [0, 0.1) is 6.92 Å². The summed E-state index contributed by atoms with van der Waals surface area (Å²) in [6.45, 7) is 6.55. The number of aryl methyl sites for hydroxylation is 1. The van der Waals surface area contributed by atoms with Gasteiger partial charge < -0.3 is 10.2 Å². The molecule has 1 amide bonds. The Morgan fingerprint density at radius 1 is 1.19 bits per heavy atom. The van der Waals surface area contributed by atoms with Crippen molar-refractivity contribution in [2.24, 2.45) is 0 Å². The van der Waals surface area contributed by atoms with Crippen LogP contribution in [0.25, 0.3) is 10.9 Å². The first kappa shape index (κ1) is 22.1. The molecule has 2 heterocycles. The van der Waals surface area contributed by atoms with E-state index in [1.165, 1.54) is 0 Å². The molecule has 31 heavy (non-hydrogen) atoms. The molecular weight excluding hydrogens is 478 g/mol. The molecular formula is C23H26BrN3O3S. The molecule has 0 fully saturated rings. The highest BCUT2D eigenvalue weighted by molar-refractivity contribution is 9.10. The molecule has 0 atom stereocenters. The quantitative estimate of drug-likeness (QED) is 0.394. The molecule has 1 aliphatic rings. The first-order valence-corrected chi connectivity index (χ1v) is 12.6. The molecule has 0 saturated heterocycles. The summed E-state index contributed by atoms with van der Waals surface area (Å²) in [5.74, 6) is 0.766. The fourth-order valence-corrected chi connectivity index (χ4v) is 5.29. The number of anilines is 2. The second-order valence-electron chi connectivity index (χ2n) is 8.38. The minimum absolute atomic E-state index is 0.150. The number of halogens is 1. The van der Waals surface area contributed by atoms with Crippen molar-refractivity contribution in [1.29, 1.82) is 0 Å². The Balaban J connectivity index is 1.79. The van der Waals surface area contributed by atoms with Crippen molar-refractivity contribution in [3.05, 3.63) is 59.7 Å². The zero-order chi connectivity index (χ0) is 22.4. The maximum atomic E-state index is 12.7. The molecule has 1 aromatic heterocycles. The maximum Gasteiger partial charge on any atom is 0.240 e. The van der Waals surface area contributed by atoms with E-state index in [9.17, 15) is 13.9 Å². The molecule has 0 saturated carbocycles. The van der Waals surface area contributed by atoms with E-state index in [1.807, 2.05) is 54.3 Å². The van der Waals surface area contributed by atoms with Crippen LogP contribution >= 0.6 is 26.5 Å². The van der Waals surface area contributed by atoms with Gasteiger partial charge in [-0.15, -0.1) is 0 Å². The molecule has 0 radical (unpaired) electrons. The van der Waals surface area contributed by atoms with Crippen LogP contribution in [-0.4, -0.2) is 36.6 Å². The third-order valence-electron chi connectivity index (χ3n) is 5.39. The van der Waals surface area contributed by atoms with Gasteiger partial charge in [0.05, 0.1) is 26.2 Å². The number of alkyl halides is 1. The van der Waals surface area contributed by atoms with Crippen molar-refractivity contribution in [2.45, 2.75) is 36.5 Å². The average Bonchev–Trinajstić information content (AvgIpc) is 2.84. The normalized spacial score (nSPS) is 17.0. The number of hydrogen-bond donors (Lipinski definition) is 3. The third-order valence-corrected chi connectivity index (χ3v) is 7.61. The summed E-state index contributed by atoms with van der Waals surface area (Å²) in [4.78, 5) is 20.2. The zero-order valence-corrected chi connectivity index (χ0v) is 20.1. The summed E-state index contributed by atoms with van der Waals surface area (Å²) < 4.78 is 20.6. The van der Waals surface area contributed by atoms with Gasteiger partial charge in [-0.25, -0.2) is 4.98 Å². The molecule has 0 bridgehead atoms. The molecule has 3 N–H and O–H groups in total. The predicted octanol–water partition coefficient (Wildman–Crippen LogP) is 5.78. The van der Waals surface area contributed by atoms with Crippen molar-refractivity contribution < 1.29 is 13.9 Å². The molecule has 4 rings (SSSR count). The number of amides is 1. The SMILES string of the molecule is Cc1ccc2nc(N3CCS(O)(O)c4ccccc4C3)cc(NC(=O)C(C)(C)Br)c2c1. The molecule has 0 spiro atoms. The summed E-state index contributed by atoms with van der Waals surface area (Å²) >= 11 is 3.43. The summed E-state index contributed by atoms with van der Waals surface area (Å²) in [5, 5.41) is 3.91. The van der Waals surface area contributed by atoms with Gasteiger partial charge in [-0.1, -0.05) is 45.8 Å². The first-order chi connectivity index (χ1) is 14.5. The van der Waals surface area contributed by atoms with Crippen molar-refractivity contribution in [2.75, 3.05) is 22.5 Å². The van der Waals surface area contributed by atoms with Gasteiger partial charge in [-0.05, 0) is 44.5 Å². The second kappa shape index (κ2) is 8.09. The Kier molecular flexibility index (Phi) is 5.76. The number of fused-ring (bicyclic) bond motifs is 2. The lowest BCUT2D eigenvalue weighted by atomic mass is 10.1. The number of nitrogens with one attached hydrogen (secondary N) is 1. The Morgan fingerprint density at radius 3 is 2.68 bits per heavy atom. The number of carbonyl (C=O) groups is 1. The van der Waals surface area contributed by atoms with Crippen molar-refractivity contribution >= 4 is 54.8 Å². The van der Waals surface area contributed by atoms with Crippen LogP contribution in [0.1, 0.15) is 25.0 Å². The highest BCUT2D eigenvalue weighted by Crippen LogP contribution is 2.51. The fraction of sp³-hybridized carbons (Fsp3) is 0.304.